The van der Waals surface area contributed by atoms with Gasteiger partial charge < -0.3 is 9.80 Å². The van der Waals surface area contributed by atoms with Crippen molar-refractivity contribution in [3.63, 3.8) is 0 Å². The normalized spacial score (nSPS) is 19.7. The van der Waals surface area contributed by atoms with E-state index in [0.29, 0.717) is 5.92 Å². The van der Waals surface area contributed by atoms with E-state index in [1.54, 1.807) is 6.92 Å². The molecule has 1 amide bonds. The number of anilines is 1. The fourth-order valence-corrected chi connectivity index (χ4v) is 2.75. The summed E-state index contributed by atoms with van der Waals surface area (Å²) in [5.74, 6) is 2.64. The molecule has 6 heteroatoms. The van der Waals surface area contributed by atoms with Gasteiger partial charge >= 0.3 is 0 Å². The van der Waals surface area contributed by atoms with E-state index < -0.39 is 0 Å². The van der Waals surface area contributed by atoms with Gasteiger partial charge in [-0.05, 0) is 28.8 Å². The summed E-state index contributed by atoms with van der Waals surface area (Å²) in [7, 11) is 0. The van der Waals surface area contributed by atoms with E-state index in [4.69, 9.17) is 0 Å². The molecule has 1 aliphatic heterocycles. The minimum Gasteiger partial charge on any atom is -0.353 e. The van der Waals surface area contributed by atoms with Crippen molar-refractivity contribution in [2.24, 2.45) is 0 Å². The van der Waals surface area contributed by atoms with Gasteiger partial charge in [0.1, 0.15) is 16.2 Å². The molecular weight excluding hydrogens is 308 g/mol. The van der Waals surface area contributed by atoms with E-state index in [2.05, 4.69) is 30.8 Å². The van der Waals surface area contributed by atoms with Crippen LogP contribution in [0, 0.1) is 0 Å². The van der Waals surface area contributed by atoms with Crippen LogP contribution in [0.5, 0.6) is 0 Å². The van der Waals surface area contributed by atoms with Crippen molar-refractivity contribution in [2.75, 3.05) is 31.1 Å². The SMILES string of the molecule is CC(=O)N1CCN(c2cc(Br)nc(C3CC3)n2)CC1. The summed E-state index contributed by atoms with van der Waals surface area (Å²) in [4.78, 5) is 24.6. The van der Waals surface area contributed by atoms with E-state index in [1.165, 1.54) is 12.8 Å². The van der Waals surface area contributed by atoms with Gasteiger partial charge in [0.2, 0.25) is 5.91 Å². The van der Waals surface area contributed by atoms with Gasteiger partial charge in [0.05, 0.1) is 0 Å². The van der Waals surface area contributed by atoms with Crippen LogP contribution in [0.3, 0.4) is 0 Å². The smallest absolute Gasteiger partial charge is 0.219 e. The van der Waals surface area contributed by atoms with E-state index in [1.807, 2.05) is 11.0 Å². The zero-order valence-corrected chi connectivity index (χ0v) is 12.6. The van der Waals surface area contributed by atoms with Crippen molar-refractivity contribution in [3.05, 3.63) is 16.5 Å². The number of hydrogen-bond acceptors (Lipinski definition) is 4. The Hall–Kier alpha value is -1.17. The standard InChI is InChI=1S/C13H17BrN4O/c1-9(19)17-4-6-18(7-5-17)12-8-11(14)15-13(16-12)10-2-3-10/h8,10H,2-7H2,1H3. The van der Waals surface area contributed by atoms with Crippen LogP contribution in [0.15, 0.2) is 10.7 Å². The van der Waals surface area contributed by atoms with Crippen LogP contribution < -0.4 is 4.90 Å². The number of carbonyl (C=O) groups is 1. The highest BCUT2D eigenvalue weighted by Crippen LogP contribution is 2.39. The highest BCUT2D eigenvalue weighted by atomic mass is 79.9. The molecule has 19 heavy (non-hydrogen) atoms. The topological polar surface area (TPSA) is 49.3 Å². The van der Waals surface area contributed by atoms with Crippen molar-refractivity contribution in [3.8, 4) is 0 Å². The first-order chi connectivity index (χ1) is 9.13. The lowest BCUT2D eigenvalue weighted by atomic mass is 10.3. The lowest BCUT2D eigenvalue weighted by Crippen LogP contribution is -2.48. The Morgan fingerprint density at radius 2 is 1.95 bits per heavy atom. The van der Waals surface area contributed by atoms with Gasteiger partial charge in [0.15, 0.2) is 0 Å². The molecule has 2 heterocycles. The molecule has 0 atom stereocenters. The van der Waals surface area contributed by atoms with Crippen molar-refractivity contribution in [1.29, 1.82) is 0 Å². The molecule has 0 spiro atoms. The minimum absolute atomic E-state index is 0.155. The Morgan fingerprint density at radius 1 is 1.26 bits per heavy atom. The summed E-state index contributed by atoms with van der Waals surface area (Å²) in [5, 5.41) is 0. The van der Waals surface area contributed by atoms with Gasteiger partial charge in [-0.15, -0.1) is 0 Å². The van der Waals surface area contributed by atoms with Crippen LogP contribution in [0.4, 0.5) is 5.82 Å². The van der Waals surface area contributed by atoms with Gasteiger partial charge in [-0.1, -0.05) is 0 Å². The number of amides is 1. The Labute approximate surface area is 121 Å². The molecule has 0 unspecified atom stereocenters. The van der Waals surface area contributed by atoms with Crippen LogP contribution in [0.1, 0.15) is 31.5 Å². The highest BCUT2D eigenvalue weighted by molar-refractivity contribution is 9.10. The van der Waals surface area contributed by atoms with Gasteiger partial charge in [0.25, 0.3) is 0 Å². The third kappa shape index (κ3) is 2.88. The summed E-state index contributed by atoms with van der Waals surface area (Å²) in [6.07, 6.45) is 2.40. The van der Waals surface area contributed by atoms with E-state index in [-0.39, 0.29) is 5.91 Å². The molecule has 0 aromatic carbocycles. The van der Waals surface area contributed by atoms with Crippen LogP contribution >= 0.6 is 15.9 Å². The van der Waals surface area contributed by atoms with Crippen molar-refractivity contribution >= 4 is 27.7 Å². The third-order valence-corrected chi connectivity index (χ3v) is 4.10. The molecule has 5 nitrogen and oxygen atoms in total. The maximum atomic E-state index is 11.3. The predicted molar refractivity (Wildman–Crippen MR) is 76.2 cm³/mol. The Balaban J connectivity index is 1.74. The first-order valence-corrected chi connectivity index (χ1v) is 7.48. The number of rotatable bonds is 2. The van der Waals surface area contributed by atoms with Crippen LogP contribution in [-0.2, 0) is 4.79 Å². The molecule has 3 rings (SSSR count). The number of carbonyl (C=O) groups excluding carboxylic acids is 1. The molecule has 0 bridgehead atoms. The average Bonchev–Trinajstić information content (AvgIpc) is 3.22. The van der Waals surface area contributed by atoms with Crippen LogP contribution in [0.25, 0.3) is 0 Å². The summed E-state index contributed by atoms with van der Waals surface area (Å²) >= 11 is 3.47. The molecule has 0 radical (unpaired) electrons. The van der Waals surface area contributed by atoms with Crippen LogP contribution in [-0.4, -0.2) is 47.0 Å². The minimum atomic E-state index is 0.155. The quantitative estimate of drug-likeness (QED) is 0.778. The summed E-state index contributed by atoms with van der Waals surface area (Å²) in [5.41, 5.74) is 0. The number of piperazine rings is 1. The van der Waals surface area contributed by atoms with E-state index >= 15 is 0 Å². The van der Waals surface area contributed by atoms with E-state index in [9.17, 15) is 4.79 Å². The number of hydrogen-bond donors (Lipinski definition) is 0. The molecule has 2 aliphatic rings. The van der Waals surface area contributed by atoms with Gasteiger partial charge in [-0.3, -0.25) is 4.79 Å². The van der Waals surface area contributed by atoms with Crippen molar-refractivity contribution < 1.29 is 4.79 Å². The van der Waals surface area contributed by atoms with Crippen molar-refractivity contribution in [2.45, 2.75) is 25.7 Å². The molecule has 2 fully saturated rings. The molecule has 1 aromatic heterocycles. The second kappa shape index (κ2) is 5.07. The zero-order valence-electron chi connectivity index (χ0n) is 11.0. The van der Waals surface area contributed by atoms with Gasteiger partial charge in [0, 0.05) is 45.1 Å². The second-order valence-electron chi connectivity index (χ2n) is 5.17. The third-order valence-electron chi connectivity index (χ3n) is 3.69. The summed E-state index contributed by atoms with van der Waals surface area (Å²) in [6.45, 7) is 4.86. The Morgan fingerprint density at radius 3 is 2.53 bits per heavy atom. The lowest BCUT2D eigenvalue weighted by molar-refractivity contribution is -0.129. The number of aromatic nitrogens is 2. The maximum absolute atomic E-state index is 11.3. The monoisotopic (exact) mass is 324 g/mol. The molecular formula is C13H17BrN4O. The van der Waals surface area contributed by atoms with Crippen molar-refractivity contribution in [1.82, 2.24) is 14.9 Å². The lowest BCUT2D eigenvalue weighted by Gasteiger charge is -2.35. The number of halogens is 1. The Kier molecular flexibility index (Phi) is 3.43. The molecule has 0 N–H and O–H groups in total. The average molecular weight is 325 g/mol. The first-order valence-electron chi connectivity index (χ1n) is 6.68. The molecule has 1 aromatic rings. The molecule has 1 saturated heterocycles. The first kappa shape index (κ1) is 12.8. The Bertz CT molecular complexity index is 495. The summed E-state index contributed by atoms with van der Waals surface area (Å²) < 4.78 is 0.855. The van der Waals surface area contributed by atoms with E-state index in [0.717, 1.165) is 42.4 Å². The number of nitrogens with zero attached hydrogens (tertiary/aromatic N) is 4. The zero-order chi connectivity index (χ0) is 13.4. The molecule has 1 saturated carbocycles. The molecule has 102 valence electrons. The van der Waals surface area contributed by atoms with Gasteiger partial charge in [-0.2, -0.15) is 0 Å². The largest absolute Gasteiger partial charge is 0.353 e. The predicted octanol–water partition coefficient (Wildman–Crippen LogP) is 1.79. The highest BCUT2D eigenvalue weighted by Gasteiger charge is 2.28. The van der Waals surface area contributed by atoms with Gasteiger partial charge in [-0.25, -0.2) is 9.97 Å². The fraction of sp³-hybridized carbons (Fsp3) is 0.615. The molecule has 1 aliphatic carbocycles. The van der Waals surface area contributed by atoms with Crippen LogP contribution in [0.2, 0.25) is 0 Å². The second-order valence-corrected chi connectivity index (χ2v) is 5.99. The fourth-order valence-electron chi connectivity index (χ4n) is 2.36. The summed E-state index contributed by atoms with van der Waals surface area (Å²) in [6, 6.07) is 1.97. The maximum Gasteiger partial charge on any atom is 0.219 e.